The van der Waals surface area contributed by atoms with Crippen molar-refractivity contribution in [2.24, 2.45) is 0 Å². The van der Waals surface area contributed by atoms with Gasteiger partial charge in [0.2, 0.25) is 15.9 Å². The number of hydrogen-bond donors (Lipinski definition) is 2. The summed E-state index contributed by atoms with van der Waals surface area (Å²) < 4.78 is 38.5. The smallest absolute Gasteiger partial charge is 0.237 e. The van der Waals surface area contributed by atoms with Gasteiger partial charge in [-0.25, -0.2) is 12.7 Å². The van der Waals surface area contributed by atoms with Crippen molar-refractivity contribution in [2.45, 2.75) is 49.9 Å². The zero-order chi connectivity index (χ0) is 20.4. The highest BCUT2D eigenvalue weighted by molar-refractivity contribution is 7.89. The highest BCUT2D eigenvalue weighted by Gasteiger charge is 2.40. The number of sulfonamides is 1. The molecule has 160 valence electrons. The Bertz CT molecular complexity index is 854. The summed E-state index contributed by atoms with van der Waals surface area (Å²) >= 11 is 0. The SMILES string of the molecule is CC(NC(=O)C1CC(S(=O)(=O)N2CCCCC2)CN1)c1ccc2c(c1)OCCO2. The zero-order valence-corrected chi connectivity index (χ0v) is 17.5. The molecule has 3 atom stereocenters. The summed E-state index contributed by atoms with van der Waals surface area (Å²) in [5.41, 5.74) is 0.915. The summed E-state index contributed by atoms with van der Waals surface area (Å²) in [5, 5.41) is 5.55. The molecule has 2 fully saturated rings. The summed E-state index contributed by atoms with van der Waals surface area (Å²) in [7, 11) is -3.36. The predicted octanol–water partition coefficient (Wildman–Crippen LogP) is 1.18. The number of amides is 1. The summed E-state index contributed by atoms with van der Waals surface area (Å²) in [6.45, 7) is 4.45. The molecule has 0 spiro atoms. The minimum atomic E-state index is -3.36. The van der Waals surface area contributed by atoms with Crippen LogP contribution in [-0.4, -0.2) is 62.8 Å². The van der Waals surface area contributed by atoms with Gasteiger partial charge in [0.1, 0.15) is 13.2 Å². The van der Waals surface area contributed by atoms with Crippen molar-refractivity contribution < 1.29 is 22.7 Å². The molecule has 1 aromatic rings. The van der Waals surface area contributed by atoms with Crippen LogP contribution in [0.5, 0.6) is 11.5 Å². The van der Waals surface area contributed by atoms with E-state index in [1.54, 1.807) is 4.31 Å². The van der Waals surface area contributed by atoms with Crippen LogP contribution in [0.4, 0.5) is 0 Å². The van der Waals surface area contributed by atoms with Gasteiger partial charge in [0.15, 0.2) is 11.5 Å². The van der Waals surface area contributed by atoms with E-state index in [2.05, 4.69) is 10.6 Å². The molecule has 0 saturated carbocycles. The molecule has 0 radical (unpaired) electrons. The maximum atomic E-state index is 12.9. The molecule has 9 heteroatoms. The minimum Gasteiger partial charge on any atom is -0.486 e. The van der Waals surface area contributed by atoms with Crippen LogP contribution in [0.25, 0.3) is 0 Å². The summed E-state index contributed by atoms with van der Waals surface area (Å²) in [4.78, 5) is 12.7. The van der Waals surface area contributed by atoms with Gasteiger partial charge in [-0.3, -0.25) is 4.79 Å². The average Bonchev–Trinajstić information content (AvgIpc) is 3.25. The van der Waals surface area contributed by atoms with Crippen LogP contribution >= 0.6 is 0 Å². The van der Waals surface area contributed by atoms with E-state index in [-0.39, 0.29) is 11.9 Å². The molecular weight excluding hydrogens is 394 g/mol. The molecule has 4 rings (SSSR count). The van der Waals surface area contributed by atoms with E-state index in [4.69, 9.17) is 9.47 Å². The second kappa shape index (κ2) is 8.49. The fraction of sp³-hybridized carbons (Fsp3) is 0.650. The van der Waals surface area contributed by atoms with E-state index in [9.17, 15) is 13.2 Å². The van der Waals surface area contributed by atoms with E-state index < -0.39 is 21.3 Å². The van der Waals surface area contributed by atoms with Crippen molar-refractivity contribution in [1.82, 2.24) is 14.9 Å². The lowest BCUT2D eigenvalue weighted by atomic mass is 10.1. The number of piperidine rings is 1. The van der Waals surface area contributed by atoms with Gasteiger partial charge in [0.25, 0.3) is 0 Å². The maximum Gasteiger partial charge on any atom is 0.237 e. The number of rotatable bonds is 5. The Morgan fingerprint density at radius 1 is 1.17 bits per heavy atom. The normalized spacial score (nSPS) is 26.1. The fourth-order valence-electron chi connectivity index (χ4n) is 4.19. The van der Waals surface area contributed by atoms with Crippen molar-refractivity contribution in [3.63, 3.8) is 0 Å². The average molecular weight is 424 g/mol. The molecule has 3 heterocycles. The number of carbonyl (C=O) groups excluding carboxylic acids is 1. The van der Waals surface area contributed by atoms with Crippen molar-refractivity contribution in [3.8, 4) is 11.5 Å². The molecule has 0 aromatic heterocycles. The van der Waals surface area contributed by atoms with Gasteiger partial charge in [-0.05, 0) is 43.9 Å². The quantitative estimate of drug-likeness (QED) is 0.738. The van der Waals surface area contributed by atoms with Crippen LogP contribution in [0, 0.1) is 0 Å². The second-order valence-corrected chi connectivity index (χ2v) is 10.2. The minimum absolute atomic E-state index is 0.177. The Labute approximate surface area is 172 Å². The van der Waals surface area contributed by atoms with E-state index in [0.717, 1.165) is 24.8 Å². The third-order valence-corrected chi connectivity index (χ3v) is 8.21. The molecule has 2 N–H and O–H groups in total. The predicted molar refractivity (Wildman–Crippen MR) is 109 cm³/mol. The molecule has 29 heavy (non-hydrogen) atoms. The number of hydrogen-bond acceptors (Lipinski definition) is 6. The van der Waals surface area contributed by atoms with Gasteiger partial charge in [-0.15, -0.1) is 0 Å². The monoisotopic (exact) mass is 423 g/mol. The van der Waals surface area contributed by atoms with Gasteiger partial charge < -0.3 is 20.1 Å². The summed E-state index contributed by atoms with van der Waals surface area (Å²) in [6.07, 6.45) is 3.21. The Hall–Kier alpha value is -1.84. The molecule has 3 aliphatic heterocycles. The zero-order valence-electron chi connectivity index (χ0n) is 16.7. The standard InChI is InChI=1S/C20H29N3O5S/c1-14(15-5-6-18-19(11-15)28-10-9-27-18)22-20(24)17-12-16(13-21-17)29(25,26)23-7-3-2-4-8-23/h5-6,11,14,16-17,21H,2-4,7-10,12-13H2,1H3,(H,22,24). The van der Waals surface area contributed by atoms with Crippen LogP contribution in [0.15, 0.2) is 18.2 Å². The number of benzene rings is 1. The largest absolute Gasteiger partial charge is 0.486 e. The molecular formula is C20H29N3O5S. The van der Waals surface area contributed by atoms with E-state index >= 15 is 0 Å². The molecule has 0 bridgehead atoms. The van der Waals surface area contributed by atoms with Gasteiger partial charge in [-0.2, -0.15) is 0 Å². The number of nitrogens with one attached hydrogen (secondary N) is 2. The molecule has 3 aliphatic rings. The number of carbonyl (C=O) groups is 1. The fourth-order valence-corrected chi connectivity index (χ4v) is 6.12. The third-order valence-electron chi connectivity index (χ3n) is 5.93. The van der Waals surface area contributed by atoms with Gasteiger partial charge in [0, 0.05) is 19.6 Å². The molecule has 0 aliphatic carbocycles. The number of fused-ring (bicyclic) bond motifs is 1. The first-order valence-electron chi connectivity index (χ1n) is 10.4. The Morgan fingerprint density at radius 3 is 2.66 bits per heavy atom. The Morgan fingerprint density at radius 2 is 1.90 bits per heavy atom. The first-order valence-corrected chi connectivity index (χ1v) is 11.9. The number of nitrogens with zero attached hydrogens (tertiary/aromatic N) is 1. The van der Waals surface area contributed by atoms with Crippen molar-refractivity contribution in [2.75, 3.05) is 32.8 Å². The molecule has 8 nitrogen and oxygen atoms in total. The first-order chi connectivity index (χ1) is 13.9. The highest BCUT2D eigenvalue weighted by atomic mass is 32.2. The van der Waals surface area contributed by atoms with Gasteiger partial charge >= 0.3 is 0 Å². The van der Waals surface area contributed by atoms with Crippen molar-refractivity contribution in [1.29, 1.82) is 0 Å². The molecule has 3 unspecified atom stereocenters. The molecule has 2 saturated heterocycles. The Kier molecular flexibility index (Phi) is 5.98. The van der Waals surface area contributed by atoms with Crippen LogP contribution < -0.4 is 20.1 Å². The first kappa shape index (κ1) is 20.4. The topological polar surface area (TPSA) is 97.0 Å². The van der Waals surface area contributed by atoms with Crippen LogP contribution in [-0.2, 0) is 14.8 Å². The van der Waals surface area contributed by atoms with Crippen LogP contribution in [0.2, 0.25) is 0 Å². The second-order valence-electron chi connectivity index (χ2n) is 7.96. The lowest BCUT2D eigenvalue weighted by Gasteiger charge is -2.28. The van der Waals surface area contributed by atoms with E-state index in [1.807, 2.05) is 25.1 Å². The van der Waals surface area contributed by atoms with Crippen molar-refractivity contribution >= 4 is 15.9 Å². The van der Waals surface area contributed by atoms with Crippen molar-refractivity contribution in [3.05, 3.63) is 23.8 Å². The summed E-state index contributed by atoms with van der Waals surface area (Å²) in [5.74, 6) is 1.21. The van der Waals surface area contributed by atoms with Gasteiger partial charge in [0.05, 0.1) is 17.3 Å². The maximum absolute atomic E-state index is 12.9. The number of ether oxygens (including phenoxy) is 2. The van der Waals surface area contributed by atoms with Crippen LogP contribution in [0.1, 0.15) is 44.2 Å². The lowest BCUT2D eigenvalue weighted by Crippen LogP contribution is -2.42. The van der Waals surface area contributed by atoms with Gasteiger partial charge in [-0.1, -0.05) is 12.5 Å². The van der Waals surface area contributed by atoms with Crippen LogP contribution in [0.3, 0.4) is 0 Å². The molecule has 1 aromatic carbocycles. The molecule has 1 amide bonds. The van der Waals surface area contributed by atoms with E-state index in [0.29, 0.717) is 50.8 Å². The van der Waals surface area contributed by atoms with E-state index in [1.165, 1.54) is 0 Å². The third kappa shape index (κ3) is 4.36. The summed E-state index contributed by atoms with van der Waals surface area (Å²) in [6, 6.07) is 4.91. The lowest BCUT2D eigenvalue weighted by molar-refractivity contribution is -0.123. The highest BCUT2D eigenvalue weighted by Crippen LogP contribution is 2.32. The Balaban J connectivity index is 1.35.